The highest BCUT2D eigenvalue weighted by atomic mass is 79.9. The Bertz CT molecular complexity index is 836. The van der Waals surface area contributed by atoms with Crippen LogP contribution < -0.4 is 5.32 Å². The molecule has 1 aromatic heterocycles. The Hall–Kier alpha value is -2.28. The lowest BCUT2D eigenvalue weighted by atomic mass is 9.95. The number of carbonyl (C=O) groups excluding carboxylic acids is 2. The number of nitrogens with zero attached hydrogens (tertiary/aromatic N) is 3. The summed E-state index contributed by atoms with van der Waals surface area (Å²) in [7, 11) is 0. The van der Waals surface area contributed by atoms with Gasteiger partial charge in [0.2, 0.25) is 5.91 Å². The van der Waals surface area contributed by atoms with Crippen molar-refractivity contribution in [2.24, 2.45) is 5.92 Å². The third kappa shape index (κ3) is 4.95. The lowest BCUT2D eigenvalue weighted by Crippen LogP contribution is -2.41. The first-order chi connectivity index (χ1) is 13.2. The minimum Gasteiger partial charge on any atom is -0.339 e. The fourth-order valence-corrected chi connectivity index (χ4v) is 3.41. The van der Waals surface area contributed by atoms with E-state index in [4.69, 9.17) is 0 Å². The van der Waals surface area contributed by atoms with Crippen molar-refractivity contribution >= 4 is 33.4 Å². The summed E-state index contributed by atoms with van der Waals surface area (Å²) < 4.78 is 0.943. The lowest BCUT2D eigenvalue weighted by Gasteiger charge is -2.31. The minimum atomic E-state index is -0.128. The molecule has 0 unspecified atom stereocenters. The number of anilines is 1. The van der Waals surface area contributed by atoms with Gasteiger partial charge in [-0.1, -0.05) is 36.7 Å². The van der Waals surface area contributed by atoms with Crippen LogP contribution in [0.15, 0.2) is 41.1 Å². The molecule has 6 nitrogen and oxygen atoms in total. The van der Waals surface area contributed by atoms with Gasteiger partial charge in [-0.15, -0.1) is 0 Å². The molecule has 0 radical (unpaired) electrons. The third-order valence-corrected chi connectivity index (χ3v) is 5.36. The fraction of sp³-hybridized carbons (Fsp3) is 0.429. The molecule has 1 aliphatic rings. The van der Waals surface area contributed by atoms with E-state index in [-0.39, 0.29) is 23.1 Å². The van der Waals surface area contributed by atoms with Crippen LogP contribution in [0.5, 0.6) is 0 Å². The quantitative estimate of drug-likeness (QED) is 0.774. The summed E-state index contributed by atoms with van der Waals surface area (Å²) >= 11 is 3.38. The maximum atomic E-state index is 12.6. The number of nitrogens with one attached hydrogen (secondary N) is 1. The highest BCUT2D eigenvalue weighted by Crippen LogP contribution is 2.22. The van der Waals surface area contributed by atoms with Gasteiger partial charge >= 0.3 is 0 Å². The first-order valence-corrected chi connectivity index (χ1v) is 10.2. The number of piperidine rings is 1. The number of hydrogen-bond acceptors (Lipinski definition) is 4. The molecule has 1 fully saturated rings. The predicted octanol–water partition coefficient (Wildman–Crippen LogP) is 4.03. The molecule has 0 spiro atoms. The normalized spacial score (nSPS) is 15.4. The Kier molecular flexibility index (Phi) is 6.13. The van der Waals surface area contributed by atoms with E-state index >= 15 is 0 Å². The summed E-state index contributed by atoms with van der Waals surface area (Å²) in [5.41, 5.74) is 1.14. The number of carbonyl (C=O) groups is 2. The number of amides is 2. The molecule has 28 heavy (non-hydrogen) atoms. The number of hydrogen-bond donors (Lipinski definition) is 1. The van der Waals surface area contributed by atoms with Crippen LogP contribution in [0.25, 0.3) is 0 Å². The second kappa shape index (κ2) is 8.39. The largest absolute Gasteiger partial charge is 0.339 e. The predicted molar refractivity (Wildman–Crippen MR) is 112 cm³/mol. The second-order valence-corrected chi connectivity index (χ2v) is 9.02. The first-order valence-electron chi connectivity index (χ1n) is 9.42. The Labute approximate surface area is 173 Å². The Morgan fingerprint density at radius 2 is 1.64 bits per heavy atom. The van der Waals surface area contributed by atoms with Gasteiger partial charge in [0.1, 0.15) is 5.82 Å². The van der Waals surface area contributed by atoms with E-state index in [2.05, 4.69) is 31.2 Å². The van der Waals surface area contributed by atoms with Crippen LogP contribution >= 0.6 is 15.9 Å². The van der Waals surface area contributed by atoms with Crippen molar-refractivity contribution in [3.63, 3.8) is 0 Å². The van der Waals surface area contributed by atoms with Crippen LogP contribution in [-0.2, 0) is 10.2 Å². The van der Waals surface area contributed by atoms with E-state index in [0.29, 0.717) is 37.2 Å². The minimum absolute atomic E-state index is 0.0116. The smallest absolute Gasteiger partial charge is 0.253 e. The molecule has 148 valence electrons. The molecule has 1 saturated heterocycles. The van der Waals surface area contributed by atoms with Gasteiger partial charge in [0.25, 0.3) is 5.91 Å². The van der Waals surface area contributed by atoms with Crippen molar-refractivity contribution in [2.75, 3.05) is 18.4 Å². The molecular formula is C21H25BrN4O2. The molecule has 0 saturated carbocycles. The van der Waals surface area contributed by atoms with Crippen LogP contribution in [0.4, 0.5) is 5.69 Å². The topological polar surface area (TPSA) is 75.2 Å². The summed E-state index contributed by atoms with van der Waals surface area (Å²) in [4.78, 5) is 35.6. The highest BCUT2D eigenvalue weighted by Gasteiger charge is 2.28. The molecule has 2 aromatic rings. The van der Waals surface area contributed by atoms with Crippen molar-refractivity contribution in [1.29, 1.82) is 0 Å². The van der Waals surface area contributed by atoms with E-state index < -0.39 is 0 Å². The molecule has 2 heterocycles. The number of aromatic nitrogens is 2. The monoisotopic (exact) mass is 444 g/mol. The van der Waals surface area contributed by atoms with Crippen molar-refractivity contribution in [3.05, 3.63) is 52.5 Å². The van der Waals surface area contributed by atoms with Crippen molar-refractivity contribution in [3.8, 4) is 0 Å². The molecule has 1 aliphatic heterocycles. The van der Waals surface area contributed by atoms with Crippen LogP contribution in [0.3, 0.4) is 0 Å². The molecular weight excluding hydrogens is 420 g/mol. The van der Waals surface area contributed by atoms with Crippen LogP contribution in [-0.4, -0.2) is 39.8 Å². The van der Waals surface area contributed by atoms with Crippen LogP contribution in [0.1, 0.15) is 49.8 Å². The molecule has 3 rings (SSSR count). The Morgan fingerprint density at radius 1 is 1.07 bits per heavy atom. The first kappa shape index (κ1) is 20.5. The standard InChI is InChI=1S/C21H25BrN4O2/c1-21(2,3)20-23-12-17(13-24-20)25-18(27)14-8-10-26(11-9-14)19(28)15-4-6-16(22)7-5-15/h4-7,12-14H,8-11H2,1-3H3,(H,25,27). The van der Waals surface area contributed by atoms with E-state index in [9.17, 15) is 9.59 Å². The number of likely N-dealkylation sites (tertiary alicyclic amines) is 1. The summed E-state index contributed by atoms with van der Waals surface area (Å²) in [5, 5.41) is 2.90. The maximum absolute atomic E-state index is 12.6. The number of benzene rings is 1. The zero-order chi connectivity index (χ0) is 20.3. The molecule has 7 heteroatoms. The molecule has 0 bridgehead atoms. The van der Waals surface area contributed by atoms with Gasteiger partial charge in [0, 0.05) is 34.5 Å². The summed E-state index contributed by atoms with van der Waals surface area (Å²) in [5.74, 6) is 0.599. The van der Waals surface area contributed by atoms with Gasteiger partial charge < -0.3 is 10.2 Å². The maximum Gasteiger partial charge on any atom is 0.253 e. The SMILES string of the molecule is CC(C)(C)c1ncc(NC(=O)C2CCN(C(=O)c3ccc(Br)cc3)CC2)cn1. The summed E-state index contributed by atoms with van der Waals surface area (Å²) in [6.45, 7) is 7.29. The lowest BCUT2D eigenvalue weighted by molar-refractivity contribution is -0.121. The van der Waals surface area contributed by atoms with Gasteiger partial charge in [-0.25, -0.2) is 9.97 Å². The van der Waals surface area contributed by atoms with Crippen molar-refractivity contribution in [1.82, 2.24) is 14.9 Å². The van der Waals surface area contributed by atoms with Crippen LogP contribution in [0.2, 0.25) is 0 Å². The third-order valence-electron chi connectivity index (χ3n) is 4.83. The number of halogens is 1. The molecule has 1 aromatic carbocycles. The molecule has 2 amide bonds. The van der Waals surface area contributed by atoms with E-state index in [1.807, 2.05) is 49.9 Å². The van der Waals surface area contributed by atoms with Gasteiger partial charge in [-0.05, 0) is 37.1 Å². The highest BCUT2D eigenvalue weighted by molar-refractivity contribution is 9.10. The Morgan fingerprint density at radius 3 is 2.18 bits per heavy atom. The van der Waals surface area contributed by atoms with Gasteiger partial charge in [-0.2, -0.15) is 0 Å². The summed E-state index contributed by atoms with van der Waals surface area (Å²) in [6.07, 6.45) is 4.60. The van der Waals surface area contributed by atoms with E-state index in [1.165, 1.54) is 0 Å². The average molecular weight is 445 g/mol. The Balaban J connectivity index is 1.53. The zero-order valence-electron chi connectivity index (χ0n) is 16.4. The van der Waals surface area contributed by atoms with E-state index in [1.54, 1.807) is 12.4 Å². The second-order valence-electron chi connectivity index (χ2n) is 8.11. The van der Waals surface area contributed by atoms with E-state index in [0.717, 1.165) is 10.3 Å². The summed E-state index contributed by atoms with van der Waals surface area (Å²) in [6, 6.07) is 7.35. The van der Waals surface area contributed by atoms with Gasteiger partial charge in [0.15, 0.2) is 0 Å². The zero-order valence-corrected chi connectivity index (χ0v) is 18.0. The van der Waals surface area contributed by atoms with Gasteiger partial charge in [0.05, 0.1) is 18.1 Å². The van der Waals surface area contributed by atoms with Crippen molar-refractivity contribution < 1.29 is 9.59 Å². The average Bonchev–Trinajstić information content (AvgIpc) is 2.68. The fourth-order valence-electron chi connectivity index (χ4n) is 3.14. The molecule has 0 aliphatic carbocycles. The number of rotatable bonds is 3. The van der Waals surface area contributed by atoms with Crippen molar-refractivity contribution in [2.45, 2.75) is 39.0 Å². The van der Waals surface area contributed by atoms with Gasteiger partial charge in [-0.3, -0.25) is 9.59 Å². The molecule has 0 atom stereocenters. The molecule has 1 N–H and O–H groups in total. The van der Waals surface area contributed by atoms with Crippen LogP contribution in [0, 0.1) is 5.92 Å².